The van der Waals surface area contributed by atoms with Crippen molar-refractivity contribution in [2.24, 2.45) is 0 Å². The molecule has 0 aliphatic carbocycles. The molecular formula is C22H22ClF2N5O2. The molecule has 0 saturated carbocycles. The van der Waals surface area contributed by atoms with Crippen molar-refractivity contribution >= 4 is 23.2 Å². The minimum Gasteiger partial charge on any atom is -0.491 e. The molecule has 4 heterocycles. The van der Waals surface area contributed by atoms with Crippen LogP contribution in [0.2, 0.25) is 5.02 Å². The number of benzene rings is 1. The number of rotatable bonds is 4. The fourth-order valence-electron chi connectivity index (χ4n) is 4.31. The average molecular weight is 462 g/mol. The van der Waals surface area contributed by atoms with Crippen molar-refractivity contribution in [2.75, 3.05) is 13.2 Å². The van der Waals surface area contributed by atoms with E-state index >= 15 is 0 Å². The van der Waals surface area contributed by atoms with Crippen LogP contribution < -0.4 is 10.1 Å². The van der Waals surface area contributed by atoms with Gasteiger partial charge in [0.15, 0.2) is 5.65 Å². The molecule has 32 heavy (non-hydrogen) atoms. The molecule has 3 aromatic rings. The summed E-state index contributed by atoms with van der Waals surface area (Å²) in [5.74, 6) is -0.649. The summed E-state index contributed by atoms with van der Waals surface area (Å²) in [7, 11) is 0. The Balaban J connectivity index is 1.38. The van der Waals surface area contributed by atoms with Gasteiger partial charge < -0.3 is 15.0 Å². The predicted molar refractivity (Wildman–Crippen MR) is 114 cm³/mol. The molecule has 2 aliphatic rings. The Morgan fingerprint density at radius 3 is 2.91 bits per heavy atom. The fraction of sp³-hybridized carbons (Fsp3) is 0.409. The molecule has 1 fully saturated rings. The summed E-state index contributed by atoms with van der Waals surface area (Å²) in [6.45, 7) is 4.77. The lowest BCUT2D eigenvalue weighted by Gasteiger charge is -2.19. The highest BCUT2D eigenvalue weighted by atomic mass is 35.5. The number of aryl methyl sites for hydroxylation is 2. The van der Waals surface area contributed by atoms with Crippen molar-refractivity contribution in [3.05, 3.63) is 57.2 Å². The number of nitrogens with one attached hydrogen (secondary N) is 1. The first-order valence-electron chi connectivity index (χ1n) is 10.4. The van der Waals surface area contributed by atoms with Gasteiger partial charge in [-0.1, -0.05) is 11.6 Å². The van der Waals surface area contributed by atoms with Crippen molar-refractivity contribution in [3.63, 3.8) is 0 Å². The summed E-state index contributed by atoms with van der Waals surface area (Å²) in [5, 5.41) is 8.18. The Morgan fingerprint density at radius 2 is 2.16 bits per heavy atom. The van der Waals surface area contributed by atoms with Gasteiger partial charge >= 0.3 is 0 Å². The second-order valence-corrected chi connectivity index (χ2v) is 8.69. The van der Waals surface area contributed by atoms with Crippen LogP contribution in [-0.4, -0.2) is 50.8 Å². The number of nitrogens with zero attached hydrogens (tertiary/aromatic N) is 4. The third-order valence-corrected chi connectivity index (χ3v) is 6.57. The fourth-order valence-corrected chi connectivity index (χ4v) is 4.43. The van der Waals surface area contributed by atoms with Crippen LogP contribution in [0.5, 0.6) is 5.75 Å². The average Bonchev–Trinajstić information content (AvgIpc) is 3.45. The Morgan fingerprint density at radius 1 is 1.34 bits per heavy atom. The minimum atomic E-state index is -0.921. The lowest BCUT2D eigenvalue weighted by molar-refractivity contribution is 0.0744. The highest BCUT2D eigenvalue weighted by Crippen LogP contribution is 2.31. The quantitative estimate of drug-likeness (QED) is 0.645. The van der Waals surface area contributed by atoms with E-state index in [0.29, 0.717) is 35.9 Å². The molecule has 1 aromatic carbocycles. The molecule has 7 nitrogen and oxygen atoms in total. The van der Waals surface area contributed by atoms with Gasteiger partial charge in [0.25, 0.3) is 5.91 Å². The first-order valence-corrected chi connectivity index (χ1v) is 10.8. The van der Waals surface area contributed by atoms with Crippen molar-refractivity contribution in [1.29, 1.82) is 0 Å². The monoisotopic (exact) mass is 461 g/mol. The zero-order valence-electron chi connectivity index (χ0n) is 17.7. The van der Waals surface area contributed by atoms with Gasteiger partial charge in [-0.15, -0.1) is 0 Å². The van der Waals surface area contributed by atoms with Crippen molar-refractivity contribution < 1.29 is 18.3 Å². The van der Waals surface area contributed by atoms with Gasteiger partial charge in [0.2, 0.25) is 0 Å². The number of hydrogen-bond donors (Lipinski definition) is 1. The number of ether oxygens (including phenoxy) is 1. The van der Waals surface area contributed by atoms with Crippen LogP contribution in [0.4, 0.5) is 8.78 Å². The van der Waals surface area contributed by atoms with E-state index in [1.807, 2.05) is 13.8 Å². The highest BCUT2D eigenvalue weighted by Gasteiger charge is 2.32. The molecule has 0 bridgehead atoms. The zero-order valence-corrected chi connectivity index (χ0v) is 18.4. The van der Waals surface area contributed by atoms with E-state index in [-0.39, 0.29) is 36.4 Å². The SMILES string of the molecule is Cc1nc2c3c(nn2c(C)c1Cl)CN(C(=O)c1ccc(F)cc1OC[C@H]1C[C@H](F)CN1)C3. The van der Waals surface area contributed by atoms with Crippen molar-refractivity contribution in [2.45, 2.75) is 45.6 Å². The van der Waals surface area contributed by atoms with Gasteiger partial charge in [-0.3, -0.25) is 4.79 Å². The molecule has 2 aromatic heterocycles. The lowest BCUT2D eigenvalue weighted by atomic mass is 10.1. The molecule has 1 saturated heterocycles. The standard InChI is InChI=1S/C22H22ClF2N5O2/c1-11-20(23)12(2)30-21(27-11)17-8-29(9-18(17)28-30)22(31)16-4-3-13(24)6-19(16)32-10-15-5-14(25)7-26-15/h3-4,6,14-15,26H,5,7-10H2,1-2H3/t14-,15+/m0/s1. The van der Waals surface area contributed by atoms with E-state index in [1.54, 1.807) is 9.42 Å². The Hall–Kier alpha value is -2.78. The highest BCUT2D eigenvalue weighted by molar-refractivity contribution is 6.31. The van der Waals surface area contributed by atoms with Crippen LogP contribution in [-0.2, 0) is 13.1 Å². The largest absolute Gasteiger partial charge is 0.491 e. The number of hydrogen-bond acceptors (Lipinski definition) is 5. The van der Waals surface area contributed by atoms with Gasteiger partial charge in [0.1, 0.15) is 24.3 Å². The lowest BCUT2D eigenvalue weighted by Crippen LogP contribution is -2.30. The van der Waals surface area contributed by atoms with E-state index in [1.165, 1.54) is 18.2 Å². The number of amides is 1. The van der Waals surface area contributed by atoms with Crippen LogP contribution >= 0.6 is 11.6 Å². The maximum absolute atomic E-state index is 13.9. The molecule has 0 spiro atoms. The van der Waals surface area contributed by atoms with E-state index in [0.717, 1.165) is 17.0 Å². The molecule has 1 N–H and O–H groups in total. The Kier molecular flexibility index (Phi) is 5.25. The Bertz CT molecular complexity index is 1230. The summed E-state index contributed by atoms with van der Waals surface area (Å²) < 4.78 is 34.7. The first kappa shape index (κ1) is 21.1. The second-order valence-electron chi connectivity index (χ2n) is 8.31. The molecule has 0 radical (unpaired) electrons. The van der Waals surface area contributed by atoms with Gasteiger partial charge in [0.05, 0.1) is 40.8 Å². The molecule has 0 unspecified atom stereocenters. The molecular weight excluding hydrogens is 440 g/mol. The topological polar surface area (TPSA) is 71.8 Å². The number of fused-ring (bicyclic) bond motifs is 3. The number of halogens is 3. The third kappa shape index (κ3) is 3.59. The first-order chi connectivity index (χ1) is 15.3. The van der Waals surface area contributed by atoms with Crippen molar-refractivity contribution in [1.82, 2.24) is 24.8 Å². The normalized spacial score (nSPS) is 20.2. The molecule has 168 valence electrons. The van der Waals surface area contributed by atoms with Crippen LogP contribution in [0.15, 0.2) is 18.2 Å². The van der Waals surface area contributed by atoms with Gasteiger partial charge in [-0.2, -0.15) is 5.10 Å². The number of alkyl halides is 1. The van der Waals surface area contributed by atoms with Gasteiger partial charge in [-0.25, -0.2) is 18.3 Å². The summed E-state index contributed by atoms with van der Waals surface area (Å²) in [6, 6.07) is 3.67. The molecule has 10 heteroatoms. The zero-order chi connectivity index (χ0) is 22.6. The minimum absolute atomic E-state index is 0.148. The van der Waals surface area contributed by atoms with E-state index in [9.17, 15) is 13.6 Å². The summed E-state index contributed by atoms with van der Waals surface area (Å²) in [4.78, 5) is 19.5. The van der Waals surface area contributed by atoms with Crippen LogP contribution in [0.1, 0.15) is 39.4 Å². The summed E-state index contributed by atoms with van der Waals surface area (Å²) in [6.07, 6.45) is -0.592. The second kappa shape index (κ2) is 7.97. The Labute approximate surface area is 188 Å². The van der Waals surface area contributed by atoms with E-state index < -0.39 is 12.0 Å². The number of carbonyl (C=O) groups excluding carboxylic acids is 1. The van der Waals surface area contributed by atoms with E-state index in [4.69, 9.17) is 16.3 Å². The van der Waals surface area contributed by atoms with Crippen LogP contribution in [0, 0.1) is 19.7 Å². The summed E-state index contributed by atoms with van der Waals surface area (Å²) in [5.41, 5.74) is 4.06. The maximum atomic E-state index is 13.9. The van der Waals surface area contributed by atoms with Crippen molar-refractivity contribution in [3.8, 4) is 5.75 Å². The molecule has 5 rings (SSSR count). The smallest absolute Gasteiger partial charge is 0.258 e. The van der Waals surface area contributed by atoms with Crippen LogP contribution in [0.25, 0.3) is 5.65 Å². The predicted octanol–water partition coefficient (Wildman–Crippen LogP) is 3.37. The van der Waals surface area contributed by atoms with Crippen LogP contribution in [0.3, 0.4) is 0 Å². The maximum Gasteiger partial charge on any atom is 0.258 e. The molecule has 2 atom stereocenters. The molecule has 2 aliphatic heterocycles. The third-order valence-electron chi connectivity index (χ3n) is 6.03. The number of carbonyl (C=O) groups is 1. The van der Waals surface area contributed by atoms with Gasteiger partial charge in [-0.05, 0) is 32.4 Å². The van der Waals surface area contributed by atoms with Gasteiger partial charge in [0, 0.05) is 24.2 Å². The van der Waals surface area contributed by atoms with E-state index in [2.05, 4.69) is 15.4 Å². The summed E-state index contributed by atoms with van der Waals surface area (Å²) >= 11 is 6.30. The molecule has 1 amide bonds. The number of aromatic nitrogens is 3.